The van der Waals surface area contributed by atoms with Crippen LogP contribution in [0.5, 0.6) is 0 Å². The van der Waals surface area contributed by atoms with Gasteiger partial charge in [-0.25, -0.2) is 11.1 Å². The molecule has 156 valence electrons. The van der Waals surface area contributed by atoms with E-state index in [0.717, 1.165) is 6.42 Å². The molecular formula is C27H25Cl2PTi. The summed E-state index contributed by atoms with van der Waals surface area (Å²) in [6.07, 6.45) is 10.3. The number of hydrogen-bond donors (Lipinski definition) is 0. The van der Waals surface area contributed by atoms with Crippen LogP contribution in [0.2, 0.25) is 0 Å². The second-order valence-corrected chi connectivity index (χ2v) is 10.1. The maximum Gasteiger partial charge on any atom is 4.00 e. The van der Waals surface area contributed by atoms with E-state index in [1.165, 1.54) is 41.2 Å². The SMILES string of the molecule is CC1=[C-]CC=C1C.[Cl-].[Cl-].[Ti+4].c1ccc2[cH-]c(-p3c4c(c5ccccc53)CCC4)cc2c1. The molecule has 0 bridgehead atoms. The van der Waals surface area contributed by atoms with Crippen molar-refractivity contribution in [1.29, 1.82) is 0 Å². The van der Waals surface area contributed by atoms with Gasteiger partial charge in [-0.2, -0.15) is 12.1 Å². The minimum Gasteiger partial charge on any atom is -1.00 e. The fraction of sp³-hybridized carbons (Fsp3) is 0.222. The zero-order valence-corrected chi connectivity index (χ0v) is 21.9. The Kier molecular flexibility index (Phi) is 9.38. The van der Waals surface area contributed by atoms with E-state index in [1.807, 2.05) is 0 Å². The standard InChI is InChI=1S/C20H16P.C7H9.2ClH.Ti/c1-2-7-15-13-16(12-14(15)6-1)21-19-10-4-3-8-17(19)18-9-5-11-20(18)21;1-6-4-3-5-7(6)2;;;/h1-4,6-8,10,12-13H,5,9,11H2;4H,3H2,1-2H3;2*1H;/q2*-1;;;+4/p-2. The fourth-order valence-corrected chi connectivity index (χ4v) is 7.53. The Hall–Kier alpha value is -1.14. The molecular weight excluding hydrogens is 474 g/mol. The van der Waals surface area contributed by atoms with Crippen molar-refractivity contribution in [2.45, 2.75) is 39.5 Å². The second kappa shape index (κ2) is 11.1. The first-order valence-electron chi connectivity index (χ1n) is 10.2. The van der Waals surface area contributed by atoms with E-state index in [1.54, 1.807) is 26.7 Å². The molecule has 0 saturated heterocycles. The molecule has 0 nitrogen and oxygen atoms in total. The van der Waals surface area contributed by atoms with Gasteiger partial charge in [-0.15, -0.1) is 55.9 Å². The molecule has 1 heterocycles. The molecule has 0 fully saturated rings. The number of fused-ring (bicyclic) bond motifs is 4. The van der Waals surface area contributed by atoms with Gasteiger partial charge in [0.1, 0.15) is 0 Å². The van der Waals surface area contributed by atoms with Crippen molar-refractivity contribution in [3.05, 3.63) is 94.8 Å². The van der Waals surface area contributed by atoms with Crippen LogP contribution in [0.4, 0.5) is 0 Å². The molecule has 1 aromatic heterocycles. The number of hydrogen-bond acceptors (Lipinski definition) is 0. The summed E-state index contributed by atoms with van der Waals surface area (Å²) in [6, 6.07) is 22.7. The number of allylic oxidation sites excluding steroid dienone is 4. The van der Waals surface area contributed by atoms with Gasteiger partial charge in [-0.3, -0.25) is 6.08 Å². The Morgan fingerprint density at radius 3 is 2.35 bits per heavy atom. The summed E-state index contributed by atoms with van der Waals surface area (Å²) in [5.41, 5.74) is 4.38. The van der Waals surface area contributed by atoms with E-state index < -0.39 is 0 Å². The first kappa shape index (κ1) is 26.1. The zero-order valence-electron chi connectivity index (χ0n) is 17.9. The molecule has 1 atom stereocenters. The summed E-state index contributed by atoms with van der Waals surface area (Å²) < 4.78 is 0. The second-order valence-electron chi connectivity index (χ2n) is 7.87. The maximum absolute atomic E-state index is 3.19. The minimum atomic E-state index is -0.264. The van der Waals surface area contributed by atoms with Crippen LogP contribution in [0.3, 0.4) is 0 Å². The van der Waals surface area contributed by atoms with Crippen molar-refractivity contribution in [2.75, 3.05) is 0 Å². The predicted molar refractivity (Wildman–Crippen MR) is 124 cm³/mol. The van der Waals surface area contributed by atoms with Gasteiger partial charge >= 0.3 is 21.7 Å². The molecule has 4 heteroatoms. The Morgan fingerprint density at radius 1 is 0.935 bits per heavy atom. The molecule has 0 N–H and O–H groups in total. The van der Waals surface area contributed by atoms with Crippen LogP contribution in [0, 0.1) is 6.08 Å². The third-order valence-corrected chi connectivity index (χ3v) is 8.84. The van der Waals surface area contributed by atoms with Crippen molar-refractivity contribution in [1.82, 2.24) is 0 Å². The van der Waals surface area contributed by atoms with Crippen LogP contribution in [-0.4, -0.2) is 0 Å². The molecule has 3 aromatic carbocycles. The minimum absolute atomic E-state index is 0. The third-order valence-electron chi connectivity index (χ3n) is 6.16. The molecule has 1 unspecified atom stereocenters. The Morgan fingerprint density at radius 2 is 1.68 bits per heavy atom. The van der Waals surface area contributed by atoms with E-state index >= 15 is 0 Å². The smallest absolute Gasteiger partial charge is 1.00 e. The van der Waals surface area contributed by atoms with Crippen LogP contribution in [0.15, 0.2) is 77.9 Å². The summed E-state index contributed by atoms with van der Waals surface area (Å²) in [7, 11) is -0.264. The molecule has 2 aliphatic rings. The number of benzene rings is 2. The van der Waals surface area contributed by atoms with Crippen molar-refractivity contribution in [3.8, 4) is 5.30 Å². The summed E-state index contributed by atoms with van der Waals surface area (Å²) >= 11 is 0. The van der Waals surface area contributed by atoms with Crippen molar-refractivity contribution < 1.29 is 46.5 Å². The first-order valence-corrected chi connectivity index (χ1v) is 11.6. The molecule has 2 aliphatic carbocycles. The first-order chi connectivity index (χ1) is 13.7. The number of halogens is 2. The van der Waals surface area contributed by atoms with Crippen molar-refractivity contribution in [2.24, 2.45) is 0 Å². The van der Waals surface area contributed by atoms with Gasteiger partial charge in [0.2, 0.25) is 0 Å². The summed E-state index contributed by atoms with van der Waals surface area (Å²) in [5, 5.41) is 9.21. The van der Waals surface area contributed by atoms with Crippen LogP contribution < -0.4 is 24.8 Å². The van der Waals surface area contributed by atoms with Gasteiger partial charge in [-0.05, 0) is 35.5 Å². The van der Waals surface area contributed by atoms with Gasteiger partial charge in [0, 0.05) is 5.12 Å². The van der Waals surface area contributed by atoms with Gasteiger partial charge in [0.05, 0.1) is 0 Å². The van der Waals surface area contributed by atoms with E-state index in [0.29, 0.717) is 0 Å². The van der Waals surface area contributed by atoms with Gasteiger partial charge in [0.25, 0.3) is 0 Å². The van der Waals surface area contributed by atoms with Crippen molar-refractivity contribution >= 4 is 28.8 Å². The Bertz CT molecular complexity index is 1190. The Labute approximate surface area is 213 Å². The molecule has 0 spiro atoms. The van der Waals surface area contributed by atoms with Crippen LogP contribution in [0.25, 0.3) is 26.6 Å². The topological polar surface area (TPSA) is 0 Å². The van der Waals surface area contributed by atoms with Gasteiger partial charge in [0.15, 0.2) is 0 Å². The third kappa shape index (κ3) is 4.95. The molecule has 0 saturated carbocycles. The average molecular weight is 499 g/mol. The van der Waals surface area contributed by atoms with E-state index in [-0.39, 0.29) is 54.1 Å². The normalized spacial score (nSPS) is 14.5. The largest absolute Gasteiger partial charge is 4.00 e. The predicted octanol–water partition coefficient (Wildman–Crippen LogP) is 2.27. The van der Waals surface area contributed by atoms with Crippen molar-refractivity contribution in [3.63, 3.8) is 0 Å². The molecule has 6 rings (SSSR count). The summed E-state index contributed by atoms with van der Waals surface area (Å²) in [4.78, 5) is 0. The summed E-state index contributed by atoms with van der Waals surface area (Å²) in [6.45, 7) is 4.22. The Balaban J connectivity index is 0.000000298. The van der Waals surface area contributed by atoms with Crippen LogP contribution in [-0.2, 0) is 34.6 Å². The van der Waals surface area contributed by atoms with Gasteiger partial charge < -0.3 is 24.8 Å². The monoisotopic (exact) mass is 498 g/mol. The average Bonchev–Trinajstić information content (AvgIpc) is 3.47. The molecule has 0 aliphatic heterocycles. The molecule has 31 heavy (non-hydrogen) atoms. The van der Waals surface area contributed by atoms with Gasteiger partial charge in [-0.1, -0.05) is 42.6 Å². The van der Waals surface area contributed by atoms with E-state index in [2.05, 4.69) is 86.7 Å². The molecule has 0 radical (unpaired) electrons. The quantitative estimate of drug-likeness (QED) is 0.279. The number of rotatable bonds is 1. The number of aryl methyl sites for hydroxylation is 1. The molecule has 4 aromatic rings. The van der Waals surface area contributed by atoms with E-state index in [9.17, 15) is 0 Å². The fourth-order valence-electron chi connectivity index (χ4n) is 4.54. The zero-order chi connectivity index (χ0) is 19.1. The molecule has 0 amide bonds. The van der Waals surface area contributed by atoms with Crippen LogP contribution in [0.1, 0.15) is 37.5 Å². The summed E-state index contributed by atoms with van der Waals surface area (Å²) in [5.74, 6) is 0. The maximum atomic E-state index is 3.19. The van der Waals surface area contributed by atoms with Crippen LogP contribution >= 0.6 is 7.53 Å². The van der Waals surface area contributed by atoms with E-state index in [4.69, 9.17) is 0 Å².